The SMILES string of the molecule is CC(C)(C)OC(=O)N1CCC(NC(=O)c2cc(Cn3c(=O)[nH]c(=O)c4c(F)cccc43)ccc2F)C1. The van der Waals surface area contributed by atoms with Gasteiger partial charge in [-0.1, -0.05) is 12.1 Å². The number of nitrogens with one attached hydrogen (secondary N) is 2. The maximum Gasteiger partial charge on any atom is 0.410 e. The molecule has 3 aromatic rings. The van der Waals surface area contributed by atoms with E-state index in [1.54, 1.807) is 20.8 Å². The van der Waals surface area contributed by atoms with Gasteiger partial charge in [0.05, 0.1) is 23.0 Å². The quantitative estimate of drug-likeness (QED) is 0.572. The number of H-pyrrole nitrogens is 1. The molecule has 0 aliphatic carbocycles. The molecule has 190 valence electrons. The third-order valence-corrected chi connectivity index (χ3v) is 5.77. The lowest BCUT2D eigenvalue weighted by molar-refractivity contribution is 0.0290. The standard InChI is InChI=1S/C25H26F2N4O5/c1-25(2,3)36-24(35)30-10-9-15(13-30)28-21(32)16-11-14(7-8-17(16)26)12-31-19-6-4-5-18(27)20(19)22(33)29-23(31)34/h4-8,11,15H,9-10,12-13H2,1-3H3,(H,28,32)(H,29,33,34). The number of rotatable bonds is 4. The number of aromatic amines is 1. The molecule has 2 aromatic carbocycles. The maximum atomic E-state index is 14.6. The molecular formula is C25H26F2N4O5. The Balaban J connectivity index is 1.53. The van der Waals surface area contributed by atoms with Crippen LogP contribution in [0.5, 0.6) is 0 Å². The van der Waals surface area contributed by atoms with Gasteiger partial charge in [0.25, 0.3) is 11.5 Å². The number of aromatic nitrogens is 2. The van der Waals surface area contributed by atoms with Crippen molar-refractivity contribution >= 4 is 22.9 Å². The molecule has 9 nitrogen and oxygen atoms in total. The number of hydrogen-bond acceptors (Lipinski definition) is 5. The van der Waals surface area contributed by atoms with Gasteiger partial charge < -0.3 is 15.0 Å². The second-order valence-corrected chi connectivity index (χ2v) is 9.68. The molecule has 2 N–H and O–H groups in total. The molecule has 2 heterocycles. The number of likely N-dealkylation sites (tertiary alicyclic amines) is 1. The van der Waals surface area contributed by atoms with E-state index in [2.05, 4.69) is 10.3 Å². The molecule has 36 heavy (non-hydrogen) atoms. The molecule has 0 spiro atoms. The van der Waals surface area contributed by atoms with Crippen molar-refractivity contribution in [2.75, 3.05) is 13.1 Å². The van der Waals surface area contributed by atoms with Gasteiger partial charge in [-0.25, -0.2) is 18.4 Å². The van der Waals surface area contributed by atoms with E-state index in [1.807, 2.05) is 0 Å². The summed E-state index contributed by atoms with van der Waals surface area (Å²) in [6, 6.07) is 7.33. The molecule has 4 rings (SSSR count). The zero-order valence-corrected chi connectivity index (χ0v) is 20.1. The van der Waals surface area contributed by atoms with Gasteiger partial charge in [-0.3, -0.25) is 19.1 Å². The second kappa shape index (κ2) is 9.56. The van der Waals surface area contributed by atoms with Crippen molar-refractivity contribution in [1.82, 2.24) is 19.8 Å². The minimum absolute atomic E-state index is 0.0762. The van der Waals surface area contributed by atoms with Gasteiger partial charge in [-0.2, -0.15) is 0 Å². The molecule has 2 amide bonds. The third kappa shape index (κ3) is 5.29. The van der Waals surface area contributed by atoms with E-state index in [0.717, 1.165) is 16.7 Å². The first-order valence-electron chi connectivity index (χ1n) is 11.4. The van der Waals surface area contributed by atoms with Crippen molar-refractivity contribution in [3.05, 3.63) is 80.0 Å². The molecule has 1 aliphatic heterocycles. The van der Waals surface area contributed by atoms with Crippen LogP contribution in [0.4, 0.5) is 13.6 Å². The minimum Gasteiger partial charge on any atom is -0.444 e. The summed E-state index contributed by atoms with van der Waals surface area (Å²) in [7, 11) is 0. The fraction of sp³-hybridized carbons (Fsp3) is 0.360. The number of carbonyl (C=O) groups is 2. The summed E-state index contributed by atoms with van der Waals surface area (Å²) in [4.78, 5) is 53.2. The Labute approximate surface area is 204 Å². The van der Waals surface area contributed by atoms with Gasteiger partial charge in [0.15, 0.2) is 0 Å². The largest absolute Gasteiger partial charge is 0.444 e. The Kier molecular flexibility index (Phi) is 6.66. The highest BCUT2D eigenvalue weighted by Crippen LogP contribution is 2.18. The lowest BCUT2D eigenvalue weighted by Gasteiger charge is -2.24. The number of nitrogens with zero attached hydrogens (tertiary/aromatic N) is 2. The Bertz CT molecular complexity index is 1460. The predicted octanol–water partition coefficient (Wildman–Crippen LogP) is 2.76. The molecule has 1 fully saturated rings. The van der Waals surface area contributed by atoms with Gasteiger partial charge in [0.2, 0.25) is 0 Å². The van der Waals surface area contributed by atoms with Crippen LogP contribution in [0.1, 0.15) is 43.1 Å². The van der Waals surface area contributed by atoms with E-state index < -0.39 is 40.5 Å². The van der Waals surface area contributed by atoms with Gasteiger partial charge in [-0.05, 0) is 57.0 Å². The van der Waals surface area contributed by atoms with Crippen LogP contribution in [0.25, 0.3) is 10.9 Å². The lowest BCUT2D eigenvalue weighted by Crippen LogP contribution is -2.40. The first-order valence-corrected chi connectivity index (χ1v) is 11.4. The van der Waals surface area contributed by atoms with Crippen LogP contribution >= 0.6 is 0 Å². The van der Waals surface area contributed by atoms with Gasteiger partial charge in [0.1, 0.15) is 17.2 Å². The average Bonchev–Trinajstić information content (AvgIpc) is 3.25. The highest BCUT2D eigenvalue weighted by molar-refractivity contribution is 5.95. The third-order valence-electron chi connectivity index (χ3n) is 5.77. The normalized spacial score (nSPS) is 15.8. The molecule has 11 heteroatoms. The van der Waals surface area contributed by atoms with E-state index in [4.69, 9.17) is 4.74 Å². The number of ether oxygens (including phenoxy) is 1. The van der Waals surface area contributed by atoms with E-state index in [-0.39, 0.29) is 35.6 Å². The Morgan fingerprint density at radius 3 is 2.61 bits per heavy atom. The molecule has 1 aromatic heterocycles. The van der Waals surface area contributed by atoms with Crippen LogP contribution in [-0.2, 0) is 11.3 Å². The van der Waals surface area contributed by atoms with Crippen molar-refractivity contribution in [2.45, 2.75) is 45.4 Å². The zero-order chi connectivity index (χ0) is 26.2. The van der Waals surface area contributed by atoms with Crippen molar-refractivity contribution in [3.8, 4) is 0 Å². The number of halogens is 2. The maximum absolute atomic E-state index is 14.6. The van der Waals surface area contributed by atoms with Gasteiger partial charge in [-0.15, -0.1) is 0 Å². The molecule has 1 aliphatic rings. The van der Waals surface area contributed by atoms with Crippen LogP contribution in [-0.4, -0.2) is 51.2 Å². The fourth-order valence-corrected chi connectivity index (χ4v) is 4.12. The predicted molar refractivity (Wildman–Crippen MR) is 128 cm³/mol. The van der Waals surface area contributed by atoms with E-state index in [1.165, 1.54) is 29.2 Å². The summed E-state index contributed by atoms with van der Waals surface area (Å²) in [5, 5.41) is 2.47. The first kappa shape index (κ1) is 25.1. The van der Waals surface area contributed by atoms with E-state index in [9.17, 15) is 28.0 Å². The molecule has 1 saturated heterocycles. The topological polar surface area (TPSA) is 114 Å². The number of carbonyl (C=O) groups excluding carboxylic acids is 2. The lowest BCUT2D eigenvalue weighted by atomic mass is 10.1. The van der Waals surface area contributed by atoms with Crippen molar-refractivity contribution in [1.29, 1.82) is 0 Å². The molecule has 0 radical (unpaired) electrons. The van der Waals surface area contributed by atoms with Crippen LogP contribution in [0.15, 0.2) is 46.0 Å². The number of amides is 2. The highest BCUT2D eigenvalue weighted by Gasteiger charge is 2.31. The average molecular weight is 501 g/mol. The van der Waals surface area contributed by atoms with E-state index >= 15 is 0 Å². The molecule has 1 unspecified atom stereocenters. The van der Waals surface area contributed by atoms with Crippen LogP contribution in [0.3, 0.4) is 0 Å². The minimum atomic E-state index is -0.847. The fourth-order valence-electron chi connectivity index (χ4n) is 4.12. The highest BCUT2D eigenvalue weighted by atomic mass is 19.1. The number of benzene rings is 2. The van der Waals surface area contributed by atoms with Gasteiger partial charge >= 0.3 is 11.8 Å². The zero-order valence-electron chi connectivity index (χ0n) is 20.1. The smallest absolute Gasteiger partial charge is 0.410 e. The van der Waals surface area contributed by atoms with Crippen LogP contribution in [0, 0.1) is 11.6 Å². The summed E-state index contributed by atoms with van der Waals surface area (Å²) in [6.07, 6.45) is -0.00110. The van der Waals surface area contributed by atoms with E-state index in [0.29, 0.717) is 18.5 Å². The molecule has 0 bridgehead atoms. The first-order chi connectivity index (χ1) is 16.9. The Hall–Kier alpha value is -4.02. The second-order valence-electron chi connectivity index (χ2n) is 9.68. The summed E-state index contributed by atoms with van der Waals surface area (Å²) >= 11 is 0. The molecule has 0 saturated carbocycles. The van der Waals surface area contributed by atoms with Crippen molar-refractivity contribution in [2.24, 2.45) is 0 Å². The van der Waals surface area contributed by atoms with Crippen molar-refractivity contribution < 1.29 is 23.1 Å². The Morgan fingerprint density at radius 2 is 1.89 bits per heavy atom. The van der Waals surface area contributed by atoms with Crippen LogP contribution < -0.4 is 16.6 Å². The summed E-state index contributed by atoms with van der Waals surface area (Å²) in [5.41, 5.74) is -2.03. The van der Waals surface area contributed by atoms with Gasteiger partial charge in [0, 0.05) is 19.1 Å². The monoisotopic (exact) mass is 500 g/mol. The Morgan fingerprint density at radius 1 is 1.14 bits per heavy atom. The van der Waals surface area contributed by atoms with Crippen molar-refractivity contribution in [3.63, 3.8) is 0 Å². The summed E-state index contributed by atoms with van der Waals surface area (Å²) in [6.45, 7) is 5.77. The summed E-state index contributed by atoms with van der Waals surface area (Å²) < 4.78 is 35.2. The van der Waals surface area contributed by atoms with Crippen LogP contribution in [0.2, 0.25) is 0 Å². The summed E-state index contributed by atoms with van der Waals surface area (Å²) in [5.74, 6) is -2.21. The molecule has 1 atom stereocenters. The number of fused-ring (bicyclic) bond motifs is 1. The number of hydrogen-bond donors (Lipinski definition) is 2. The molecular weight excluding hydrogens is 474 g/mol.